The van der Waals surface area contributed by atoms with Gasteiger partial charge in [0.25, 0.3) is 0 Å². The van der Waals surface area contributed by atoms with E-state index in [-0.39, 0.29) is 11.3 Å². The first kappa shape index (κ1) is 18.7. The summed E-state index contributed by atoms with van der Waals surface area (Å²) in [6.45, 7) is 0. The first-order valence-corrected chi connectivity index (χ1v) is 7.65. The molecule has 0 fully saturated rings. The van der Waals surface area contributed by atoms with Crippen LogP contribution in [-0.2, 0) is 11.0 Å². The predicted octanol–water partition coefficient (Wildman–Crippen LogP) is 4.73. The Balaban J connectivity index is 2.28. The van der Waals surface area contributed by atoms with E-state index in [4.69, 9.17) is 0 Å². The van der Waals surface area contributed by atoms with Crippen LogP contribution in [0.15, 0.2) is 64.8 Å². The number of anilines is 1. The molecule has 130 valence electrons. The first-order valence-electron chi connectivity index (χ1n) is 6.86. The molecule has 2 aromatic carbocycles. The summed E-state index contributed by atoms with van der Waals surface area (Å²) in [5, 5.41) is 11.5. The molecule has 0 radical (unpaired) electrons. The average molecular weight is 414 g/mol. The first-order chi connectivity index (χ1) is 11.7. The molecule has 0 amide bonds. The SMILES string of the molecule is O=C(O)/C(=C\C(=O)c1ccc(Br)cc1)Nc1cccc(C(F)(F)F)c1. The van der Waals surface area contributed by atoms with Crippen LogP contribution >= 0.6 is 15.9 Å². The third-order valence-electron chi connectivity index (χ3n) is 3.10. The fourth-order valence-corrected chi connectivity index (χ4v) is 2.17. The van der Waals surface area contributed by atoms with Gasteiger partial charge in [-0.15, -0.1) is 0 Å². The molecule has 0 unspecified atom stereocenters. The predicted molar refractivity (Wildman–Crippen MR) is 89.3 cm³/mol. The van der Waals surface area contributed by atoms with Crippen molar-refractivity contribution in [3.63, 3.8) is 0 Å². The summed E-state index contributed by atoms with van der Waals surface area (Å²) in [4.78, 5) is 23.4. The third kappa shape index (κ3) is 5.18. The molecule has 0 atom stereocenters. The van der Waals surface area contributed by atoms with Crippen molar-refractivity contribution in [1.29, 1.82) is 0 Å². The summed E-state index contributed by atoms with van der Waals surface area (Å²) in [6, 6.07) is 10.3. The van der Waals surface area contributed by atoms with Gasteiger partial charge in [0.1, 0.15) is 5.70 Å². The van der Waals surface area contributed by atoms with Crippen LogP contribution < -0.4 is 5.32 Å². The molecule has 8 heteroatoms. The van der Waals surface area contributed by atoms with Crippen molar-refractivity contribution in [1.82, 2.24) is 0 Å². The third-order valence-corrected chi connectivity index (χ3v) is 3.63. The van der Waals surface area contributed by atoms with Crippen LogP contribution in [0.4, 0.5) is 18.9 Å². The number of allylic oxidation sites excluding steroid dienone is 1. The zero-order chi connectivity index (χ0) is 18.6. The number of hydrogen-bond acceptors (Lipinski definition) is 3. The average Bonchev–Trinajstić information content (AvgIpc) is 2.54. The van der Waals surface area contributed by atoms with Crippen molar-refractivity contribution >= 4 is 33.4 Å². The summed E-state index contributed by atoms with van der Waals surface area (Å²) >= 11 is 3.21. The lowest BCUT2D eigenvalue weighted by molar-refractivity contribution is -0.137. The maximum Gasteiger partial charge on any atom is 0.416 e. The number of benzene rings is 2. The van der Waals surface area contributed by atoms with Crippen LogP contribution in [0.25, 0.3) is 0 Å². The zero-order valence-corrected chi connectivity index (χ0v) is 14.1. The van der Waals surface area contributed by atoms with Crippen molar-refractivity contribution in [2.45, 2.75) is 6.18 Å². The minimum Gasteiger partial charge on any atom is -0.477 e. The van der Waals surface area contributed by atoms with Crippen molar-refractivity contribution in [2.24, 2.45) is 0 Å². The highest BCUT2D eigenvalue weighted by atomic mass is 79.9. The minimum absolute atomic E-state index is 0.0907. The molecule has 0 aliphatic carbocycles. The van der Waals surface area contributed by atoms with Crippen LogP contribution in [0.3, 0.4) is 0 Å². The highest BCUT2D eigenvalue weighted by Gasteiger charge is 2.30. The Bertz CT molecular complexity index is 830. The number of nitrogens with one attached hydrogen (secondary N) is 1. The molecule has 0 saturated heterocycles. The molecule has 2 aromatic rings. The molecule has 0 saturated carbocycles. The van der Waals surface area contributed by atoms with Crippen LogP contribution in [0, 0.1) is 0 Å². The quantitative estimate of drug-likeness (QED) is 0.549. The smallest absolute Gasteiger partial charge is 0.416 e. The number of alkyl halides is 3. The minimum atomic E-state index is -4.56. The molecule has 2 N–H and O–H groups in total. The van der Waals surface area contributed by atoms with Gasteiger partial charge < -0.3 is 10.4 Å². The maximum atomic E-state index is 12.7. The Hall–Kier alpha value is -2.61. The zero-order valence-electron chi connectivity index (χ0n) is 12.5. The Morgan fingerprint density at radius 1 is 1.08 bits per heavy atom. The Morgan fingerprint density at radius 3 is 2.28 bits per heavy atom. The van der Waals surface area contributed by atoms with Crippen LogP contribution in [0.5, 0.6) is 0 Å². The molecular formula is C17H11BrF3NO3. The molecule has 0 spiro atoms. The van der Waals surface area contributed by atoms with Gasteiger partial charge in [-0.25, -0.2) is 4.79 Å². The van der Waals surface area contributed by atoms with Gasteiger partial charge in [0.2, 0.25) is 0 Å². The summed E-state index contributed by atoms with van der Waals surface area (Å²) < 4.78 is 38.9. The summed E-state index contributed by atoms with van der Waals surface area (Å²) in [6.07, 6.45) is -3.73. The van der Waals surface area contributed by atoms with Gasteiger partial charge in [-0.05, 0) is 42.5 Å². The molecule has 0 aromatic heterocycles. The number of rotatable bonds is 5. The molecule has 25 heavy (non-hydrogen) atoms. The number of hydrogen-bond donors (Lipinski definition) is 2. The lowest BCUT2D eigenvalue weighted by Crippen LogP contribution is -2.13. The second kappa shape index (κ2) is 7.52. The fourth-order valence-electron chi connectivity index (χ4n) is 1.91. The number of carbonyl (C=O) groups excluding carboxylic acids is 1. The van der Waals surface area contributed by atoms with E-state index < -0.39 is 29.2 Å². The molecule has 0 heterocycles. The lowest BCUT2D eigenvalue weighted by Gasteiger charge is -2.11. The lowest BCUT2D eigenvalue weighted by atomic mass is 10.1. The molecule has 0 aliphatic rings. The van der Waals surface area contributed by atoms with E-state index >= 15 is 0 Å². The van der Waals surface area contributed by atoms with Crippen molar-refractivity contribution < 1.29 is 27.9 Å². The standard InChI is InChI=1S/C17H11BrF3NO3/c18-12-6-4-10(5-7-12)15(23)9-14(16(24)25)22-13-3-1-2-11(8-13)17(19,20)21/h1-9,22H,(H,24,25)/b14-9+. The Kier molecular flexibility index (Phi) is 5.63. The van der Waals surface area contributed by atoms with Gasteiger partial charge >= 0.3 is 12.1 Å². The van der Waals surface area contributed by atoms with E-state index in [2.05, 4.69) is 21.2 Å². The topological polar surface area (TPSA) is 66.4 Å². The van der Waals surface area contributed by atoms with E-state index in [0.717, 1.165) is 28.7 Å². The van der Waals surface area contributed by atoms with Crippen molar-refractivity contribution in [3.05, 3.63) is 75.9 Å². The largest absolute Gasteiger partial charge is 0.477 e. The van der Waals surface area contributed by atoms with Crippen LogP contribution in [0.1, 0.15) is 15.9 Å². The molecule has 4 nitrogen and oxygen atoms in total. The van der Waals surface area contributed by atoms with Gasteiger partial charge in [-0.2, -0.15) is 13.2 Å². The summed E-state index contributed by atoms with van der Waals surface area (Å²) in [7, 11) is 0. The maximum absolute atomic E-state index is 12.7. The highest BCUT2D eigenvalue weighted by molar-refractivity contribution is 9.10. The number of carboxylic acid groups (broad SMARTS) is 1. The monoisotopic (exact) mass is 413 g/mol. The second-order valence-electron chi connectivity index (χ2n) is 4.94. The Morgan fingerprint density at radius 2 is 1.72 bits per heavy atom. The van der Waals surface area contributed by atoms with Gasteiger partial charge in [0.05, 0.1) is 5.56 Å². The van der Waals surface area contributed by atoms with Gasteiger partial charge in [-0.1, -0.05) is 22.0 Å². The summed E-state index contributed by atoms with van der Waals surface area (Å²) in [5.41, 5.74) is -1.31. The normalized spacial score (nSPS) is 11.9. The fraction of sp³-hybridized carbons (Fsp3) is 0.0588. The molecular weight excluding hydrogens is 403 g/mol. The van der Waals surface area contributed by atoms with Crippen molar-refractivity contribution in [3.8, 4) is 0 Å². The van der Waals surface area contributed by atoms with Gasteiger partial charge in [0, 0.05) is 21.8 Å². The van der Waals surface area contributed by atoms with Crippen LogP contribution in [-0.4, -0.2) is 16.9 Å². The highest BCUT2D eigenvalue weighted by Crippen LogP contribution is 2.31. The number of aliphatic carboxylic acids is 1. The van der Waals surface area contributed by atoms with E-state index in [1.165, 1.54) is 18.2 Å². The van der Waals surface area contributed by atoms with Gasteiger partial charge in [-0.3, -0.25) is 4.79 Å². The molecule has 2 rings (SSSR count). The van der Waals surface area contributed by atoms with Crippen LogP contribution in [0.2, 0.25) is 0 Å². The number of halogens is 4. The number of ketones is 1. The van der Waals surface area contributed by atoms with E-state index in [1.54, 1.807) is 12.1 Å². The summed E-state index contributed by atoms with van der Waals surface area (Å²) in [5.74, 6) is -2.06. The number of carboxylic acids is 1. The molecule has 0 aliphatic heterocycles. The van der Waals surface area contributed by atoms with Gasteiger partial charge in [0.15, 0.2) is 5.78 Å². The molecule has 0 bridgehead atoms. The van der Waals surface area contributed by atoms with E-state index in [9.17, 15) is 27.9 Å². The van der Waals surface area contributed by atoms with Crippen molar-refractivity contribution in [2.75, 3.05) is 5.32 Å². The van der Waals surface area contributed by atoms with E-state index in [0.29, 0.717) is 0 Å². The van der Waals surface area contributed by atoms with E-state index in [1.807, 2.05) is 0 Å². The number of carbonyl (C=O) groups is 2. The second-order valence-corrected chi connectivity index (χ2v) is 5.85. The Labute approximate surface area is 149 Å².